The van der Waals surface area contributed by atoms with Crippen LogP contribution in [0.4, 0.5) is 0 Å². The highest BCUT2D eigenvalue weighted by atomic mass is 16.6. The van der Waals surface area contributed by atoms with Crippen molar-refractivity contribution in [1.29, 1.82) is 0 Å². The Morgan fingerprint density at radius 2 is 1.44 bits per heavy atom. The number of rotatable bonds is 16. The van der Waals surface area contributed by atoms with E-state index in [-0.39, 0.29) is 22.7 Å². The summed E-state index contributed by atoms with van der Waals surface area (Å²) in [6.07, 6.45) is 19.1. The largest absolute Gasteiger partial charge is 0.291 e. The molecule has 0 bridgehead atoms. The number of nitro groups is 2. The molecule has 0 atom stereocenters. The highest BCUT2D eigenvalue weighted by molar-refractivity contribution is 5.50. The zero-order valence-electron chi connectivity index (χ0n) is 16.0. The Morgan fingerprint density at radius 3 is 2.00 bits per heavy atom. The van der Waals surface area contributed by atoms with Crippen LogP contribution in [0.1, 0.15) is 71.1 Å². The fraction of sp³-hybridized carbons (Fsp3) is 0.550. The molecular formula is C20H29N2O5. The fourth-order valence-electron chi connectivity index (χ4n) is 2.32. The molecule has 0 aromatic rings. The molecule has 7 nitrogen and oxygen atoms in total. The summed E-state index contributed by atoms with van der Waals surface area (Å²) < 4.78 is 0. The van der Waals surface area contributed by atoms with E-state index in [1.54, 1.807) is 31.2 Å². The Bertz CT molecular complexity index is 577. The van der Waals surface area contributed by atoms with Gasteiger partial charge < -0.3 is 0 Å². The summed E-state index contributed by atoms with van der Waals surface area (Å²) in [5.41, 5.74) is 0.320. The average Bonchev–Trinajstić information content (AvgIpc) is 2.63. The van der Waals surface area contributed by atoms with Crippen molar-refractivity contribution in [2.45, 2.75) is 71.1 Å². The van der Waals surface area contributed by atoms with Crippen LogP contribution in [0.25, 0.3) is 0 Å². The van der Waals surface area contributed by atoms with E-state index in [2.05, 4.69) is 0 Å². The van der Waals surface area contributed by atoms with Crippen LogP contribution in [0, 0.1) is 20.2 Å². The molecule has 0 amide bonds. The SMILES string of the molecule is CC/C(=C\C/C=C\C/C=C(\C/C=C\CCCCCC[C]=O)[N+](=O)[O-])[N+](=O)[O-]. The molecule has 0 aromatic carbocycles. The maximum absolute atomic E-state index is 11.1. The van der Waals surface area contributed by atoms with Gasteiger partial charge in [-0.1, -0.05) is 44.1 Å². The first-order valence-corrected chi connectivity index (χ1v) is 9.34. The van der Waals surface area contributed by atoms with E-state index in [0.29, 0.717) is 25.7 Å². The molecular weight excluding hydrogens is 348 g/mol. The van der Waals surface area contributed by atoms with Gasteiger partial charge in [0.1, 0.15) is 0 Å². The van der Waals surface area contributed by atoms with Gasteiger partial charge in [0.2, 0.25) is 11.4 Å². The third-order valence-corrected chi connectivity index (χ3v) is 3.87. The number of nitrogens with zero attached hydrogens (tertiary/aromatic N) is 2. The van der Waals surface area contributed by atoms with E-state index in [1.807, 2.05) is 18.4 Å². The topological polar surface area (TPSA) is 103 Å². The van der Waals surface area contributed by atoms with Crippen molar-refractivity contribution in [3.63, 3.8) is 0 Å². The van der Waals surface area contributed by atoms with Crippen LogP contribution >= 0.6 is 0 Å². The molecule has 0 saturated heterocycles. The number of unbranched alkanes of at least 4 members (excludes halogenated alkanes) is 5. The first-order valence-electron chi connectivity index (χ1n) is 9.34. The second kappa shape index (κ2) is 16.9. The van der Waals surface area contributed by atoms with Crippen molar-refractivity contribution in [2.75, 3.05) is 0 Å². The second-order valence-corrected chi connectivity index (χ2v) is 5.97. The van der Waals surface area contributed by atoms with Crippen molar-refractivity contribution >= 4 is 6.29 Å². The Morgan fingerprint density at radius 1 is 0.852 bits per heavy atom. The fourth-order valence-corrected chi connectivity index (χ4v) is 2.32. The molecule has 27 heavy (non-hydrogen) atoms. The third-order valence-electron chi connectivity index (χ3n) is 3.87. The van der Waals surface area contributed by atoms with Gasteiger partial charge in [-0.05, 0) is 44.3 Å². The lowest BCUT2D eigenvalue weighted by Crippen LogP contribution is -1.97. The smallest absolute Gasteiger partial charge is 0.246 e. The normalized spacial score (nSPS) is 12.8. The molecule has 0 saturated carbocycles. The summed E-state index contributed by atoms with van der Waals surface area (Å²) in [6, 6.07) is 0. The quantitative estimate of drug-likeness (QED) is 0.154. The highest BCUT2D eigenvalue weighted by Gasteiger charge is 2.06. The van der Waals surface area contributed by atoms with Gasteiger partial charge in [-0.2, -0.15) is 0 Å². The van der Waals surface area contributed by atoms with E-state index in [1.165, 1.54) is 0 Å². The summed E-state index contributed by atoms with van der Waals surface area (Å²) in [5, 5.41) is 21.7. The van der Waals surface area contributed by atoms with Crippen LogP contribution in [0.5, 0.6) is 0 Å². The molecule has 149 valence electrons. The molecule has 0 aliphatic rings. The number of hydrogen-bond acceptors (Lipinski definition) is 5. The number of hydrogen-bond donors (Lipinski definition) is 0. The maximum atomic E-state index is 11.1. The Kier molecular flexibility index (Phi) is 15.3. The molecule has 0 unspecified atom stereocenters. The highest BCUT2D eigenvalue weighted by Crippen LogP contribution is 2.09. The molecule has 0 rings (SSSR count). The molecule has 0 N–H and O–H groups in total. The van der Waals surface area contributed by atoms with Crippen LogP contribution in [0.3, 0.4) is 0 Å². The van der Waals surface area contributed by atoms with Gasteiger partial charge in [-0.3, -0.25) is 25.0 Å². The van der Waals surface area contributed by atoms with Crippen LogP contribution in [0.15, 0.2) is 47.9 Å². The molecule has 0 heterocycles. The summed E-state index contributed by atoms with van der Waals surface area (Å²) in [7, 11) is 0. The van der Waals surface area contributed by atoms with Crippen molar-refractivity contribution in [3.05, 3.63) is 68.1 Å². The minimum atomic E-state index is -0.394. The monoisotopic (exact) mass is 377 g/mol. The second-order valence-electron chi connectivity index (χ2n) is 5.97. The Hall–Kier alpha value is -2.57. The van der Waals surface area contributed by atoms with Crippen LogP contribution in [-0.2, 0) is 4.79 Å². The summed E-state index contributed by atoms with van der Waals surface area (Å²) >= 11 is 0. The Balaban J connectivity index is 4.19. The average molecular weight is 377 g/mol. The number of carbonyl (C=O) groups excluding carboxylic acids is 1. The van der Waals surface area contributed by atoms with Gasteiger partial charge in [-0.15, -0.1) is 0 Å². The van der Waals surface area contributed by atoms with Gasteiger partial charge in [0, 0.05) is 12.8 Å². The molecule has 0 aliphatic carbocycles. The Labute approximate surface area is 160 Å². The van der Waals surface area contributed by atoms with Gasteiger partial charge >= 0.3 is 0 Å². The lowest BCUT2D eigenvalue weighted by molar-refractivity contribution is -0.427. The molecule has 7 heteroatoms. The molecule has 0 fully saturated rings. The minimum absolute atomic E-state index is 0.146. The van der Waals surface area contributed by atoms with E-state index >= 15 is 0 Å². The summed E-state index contributed by atoms with van der Waals surface area (Å²) in [6.45, 7) is 1.73. The van der Waals surface area contributed by atoms with Gasteiger partial charge in [-0.25, -0.2) is 0 Å². The van der Waals surface area contributed by atoms with E-state index in [9.17, 15) is 25.0 Å². The van der Waals surface area contributed by atoms with E-state index < -0.39 is 4.92 Å². The zero-order valence-corrected chi connectivity index (χ0v) is 16.0. The first-order chi connectivity index (χ1) is 13.0. The third kappa shape index (κ3) is 14.3. The van der Waals surface area contributed by atoms with Gasteiger partial charge in [0.25, 0.3) is 0 Å². The van der Waals surface area contributed by atoms with Gasteiger partial charge in [0.05, 0.1) is 16.3 Å². The van der Waals surface area contributed by atoms with Crippen LogP contribution in [-0.4, -0.2) is 16.1 Å². The van der Waals surface area contributed by atoms with Crippen LogP contribution < -0.4 is 0 Å². The maximum Gasteiger partial charge on any atom is 0.246 e. The molecule has 0 aliphatic heterocycles. The summed E-state index contributed by atoms with van der Waals surface area (Å²) in [5.74, 6) is 0. The van der Waals surface area contributed by atoms with Crippen molar-refractivity contribution in [3.8, 4) is 0 Å². The molecule has 1 radical (unpaired) electrons. The lowest BCUT2D eigenvalue weighted by atomic mass is 10.1. The standard InChI is InChI=1S/C20H29N2O5/c1-2-19(21(24)25)15-11-8-9-13-17-20(22(26)27)16-12-7-5-3-4-6-10-14-18-23/h7-9,12,15,17H,2-6,10-11,13-14,16H2,1H3/b9-8-,12-7-,19-15+,20-17+. The van der Waals surface area contributed by atoms with Crippen molar-refractivity contribution < 1.29 is 14.6 Å². The molecule has 0 spiro atoms. The van der Waals surface area contributed by atoms with Gasteiger partial charge in [0.15, 0.2) is 6.29 Å². The van der Waals surface area contributed by atoms with E-state index in [0.717, 1.165) is 32.1 Å². The lowest BCUT2D eigenvalue weighted by Gasteiger charge is -1.96. The summed E-state index contributed by atoms with van der Waals surface area (Å²) in [4.78, 5) is 31.0. The van der Waals surface area contributed by atoms with E-state index in [4.69, 9.17) is 0 Å². The molecule has 0 aromatic heterocycles. The first kappa shape index (κ1) is 24.4. The minimum Gasteiger partial charge on any atom is -0.291 e. The number of allylic oxidation sites excluding steroid dienone is 7. The van der Waals surface area contributed by atoms with Crippen LogP contribution in [0.2, 0.25) is 0 Å². The predicted molar refractivity (Wildman–Crippen MR) is 106 cm³/mol. The van der Waals surface area contributed by atoms with Crippen molar-refractivity contribution in [2.24, 2.45) is 0 Å². The predicted octanol–water partition coefficient (Wildman–Crippen LogP) is 5.45. The zero-order chi connectivity index (χ0) is 20.3. The van der Waals surface area contributed by atoms with Crippen molar-refractivity contribution in [1.82, 2.24) is 0 Å².